The van der Waals surface area contributed by atoms with Crippen molar-refractivity contribution in [2.24, 2.45) is 0 Å². The molecule has 3 nitrogen and oxygen atoms in total. The Bertz CT molecular complexity index is 271. The molecule has 0 bridgehead atoms. The number of rotatable bonds is 3. The average Bonchev–Trinajstić information content (AvgIpc) is 2.75. The molecule has 2 heterocycles. The summed E-state index contributed by atoms with van der Waals surface area (Å²) in [4.78, 5) is 2.35. The summed E-state index contributed by atoms with van der Waals surface area (Å²) in [7, 11) is 2.17. The van der Waals surface area contributed by atoms with Crippen LogP contribution in [0.1, 0.15) is 25.1 Å². The van der Waals surface area contributed by atoms with Gasteiger partial charge in [0.2, 0.25) is 0 Å². The fraction of sp³-hybridized carbons (Fsp3) is 0.636. The third kappa shape index (κ3) is 2.16. The molecule has 78 valence electrons. The van der Waals surface area contributed by atoms with Gasteiger partial charge >= 0.3 is 0 Å². The van der Waals surface area contributed by atoms with Gasteiger partial charge in [0, 0.05) is 12.6 Å². The summed E-state index contributed by atoms with van der Waals surface area (Å²) in [6.07, 6.45) is 2.97. The molecule has 1 aliphatic rings. The predicted octanol–water partition coefficient (Wildman–Crippen LogP) is 1.63. The number of hydrogen-bond donors (Lipinski definition) is 1. The highest BCUT2D eigenvalue weighted by Crippen LogP contribution is 2.16. The van der Waals surface area contributed by atoms with Crippen molar-refractivity contribution in [2.75, 3.05) is 20.1 Å². The van der Waals surface area contributed by atoms with Crippen molar-refractivity contribution < 1.29 is 4.42 Å². The molecule has 1 aromatic rings. The summed E-state index contributed by atoms with van der Waals surface area (Å²) < 4.78 is 5.36. The number of furan rings is 1. The Labute approximate surface area is 85.1 Å². The van der Waals surface area contributed by atoms with Crippen molar-refractivity contribution in [1.29, 1.82) is 0 Å². The standard InChI is InChI=1S/C11H18N2O/c1-9(11-4-3-7-14-11)12-10-5-6-13(2)8-10/h3-4,7,9-10,12H,5-6,8H2,1-2H3. The second-order valence-corrected chi connectivity index (χ2v) is 4.15. The van der Waals surface area contributed by atoms with Crippen LogP contribution in [0, 0.1) is 0 Å². The van der Waals surface area contributed by atoms with E-state index in [0.29, 0.717) is 12.1 Å². The summed E-state index contributed by atoms with van der Waals surface area (Å²) in [5.74, 6) is 1.03. The zero-order valence-corrected chi connectivity index (χ0v) is 8.86. The maximum Gasteiger partial charge on any atom is 0.120 e. The minimum Gasteiger partial charge on any atom is -0.468 e. The van der Waals surface area contributed by atoms with Gasteiger partial charge in [-0.2, -0.15) is 0 Å². The lowest BCUT2D eigenvalue weighted by Gasteiger charge is -2.17. The molecule has 1 N–H and O–H groups in total. The zero-order valence-electron chi connectivity index (χ0n) is 8.86. The van der Waals surface area contributed by atoms with E-state index in [4.69, 9.17) is 4.42 Å². The maximum absolute atomic E-state index is 5.36. The quantitative estimate of drug-likeness (QED) is 0.793. The molecule has 14 heavy (non-hydrogen) atoms. The highest BCUT2D eigenvalue weighted by atomic mass is 16.3. The molecule has 1 saturated heterocycles. The molecular weight excluding hydrogens is 176 g/mol. The lowest BCUT2D eigenvalue weighted by atomic mass is 10.2. The normalized spacial score (nSPS) is 25.4. The monoisotopic (exact) mass is 194 g/mol. The molecule has 3 heteroatoms. The molecule has 0 saturated carbocycles. The largest absolute Gasteiger partial charge is 0.468 e. The SMILES string of the molecule is CC(NC1CCN(C)C1)c1ccco1. The lowest BCUT2D eigenvalue weighted by Crippen LogP contribution is -2.33. The van der Waals surface area contributed by atoms with Gasteiger partial charge in [0.1, 0.15) is 5.76 Å². The van der Waals surface area contributed by atoms with Crippen LogP contribution in [-0.2, 0) is 0 Å². The number of nitrogens with one attached hydrogen (secondary N) is 1. The molecule has 2 atom stereocenters. The number of likely N-dealkylation sites (tertiary alicyclic amines) is 1. The first-order valence-electron chi connectivity index (χ1n) is 5.23. The molecular formula is C11H18N2O. The summed E-state index contributed by atoms with van der Waals surface area (Å²) >= 11 is 0. The smallest absolute Gasteiger partial charge is 0.120 e. The first-order chi connectivity index (χ1) is 6.75. The number of nitrogens with zero attached hydrogens (tertiary/aromatic N) is 1. The van der Waals surface area contributed by atoms with E-state index in [-0.39, 0.29) is 0 Å². The van der Waals surface area contributed by atoms with E-state index >= 15 is 0 Å². The molecule has 1 fully saturated rings. The van der Waals surface area contributed by atoms with Crippen LogP contribution in [-0.4, -0.2) is 31.1 Å². The highest BCUT2D eigenvalue weighted by molar-refractivity contribution is 5.03. The molecule has 0 aromatic carbocycles. The molecule has 1 aromatic heterocycles. The van der Waals surface area contributed by atoms with E-state index < -0.39 is 0 Å². The molecule has 0 spiro atoms. The van der Waals surface area contributed by atoms with Crippen LogP contribution in [0.3, 0.4) is 0 Å². The Morgan fingerprint density at radius 1 is 1.64 bits per heavy atom. The van der Waals surface area contributed by atoms with Gasteiger partial charge in [-0.1, -0.05) is 0 Å². The van der Waals surface area contributed by atoms with Gasteiger partial charge < -0.3 is 14.6 Å². The van der Waals surface area contributed by atoms with Crippen LogP contribution in [0.25, 0.3) is 0 Å². The van der Waals surface area contributed by atoms with Gasteiger partial charge in [-0.3, -0.25) is 0 Å². The predicted molar refractivity (Wildman–Crippen MR) is 56.2 cm³/mol. The Hall–Kier alpha value is -0.800. The number of hydrogen-bond acceptors (Lipinski definition) is 3. The van der Waals surface area contributed by atoms with Crippen LogP contribution in [0.2, 0.25) is 0 Å². The summed E-state index contributed by atoms with van der Waals surface area (Å²) in [5.41, 5.74) is 0. The lowest BCUT2D eigenvalue weighted by molar-refractivity contribution is 0.365. The average molecular weight is 194 g/mol. The second kappa shape index (κ2) is 4.15. The van der Waals surface area contributed by atoms with Crippen molar-refractivity contribution in [3.8, 4) is 0 Å². The minimum atomic E-state index is 0.321. The zero-order chi connectivity index (χ0) is 9.97. The van der Waals surface area contributed by atoms with Crippen LogP contribution >= 0.6 is 0 Å². The van der Waals surface area contributed by atoms with Crippen molar-refractivity contribution in [3.63, 3.8) is 0 Å². The minimum absolute atomic E-state index is 0.321. The maximum atomic E-state index is 5.36. The van der Waals surface area contributed by atoms with E-state index in [2.05, 4.69) is 24.2 Å². The molecule has 0 aliphatic carbocycles. The summed E-state index contributed by atoms with van der Waals surface area (Å²) in [6, 6.07) is 4.89. The van der Waals surface area contributed by atoms with E-state index in [1.54, 1.807) is 6.26 Å². The van der Waals surface area contributed by atoms with Crippen LogP contribution < -0.4 is 5.32 Å². The van der Waals surface area contributed by atoms with Gasteiger partial charge in [0.05, 0.1) is 12.3 Å². The van der Waals surface area contributed by atoms with Gasteiger partial charge in [-0.25, -0.2) is 0 Å². The van der Waals surface area contributed by atoms with E-state index in [1.807, 2.05) is 12.1 Å². The molecule has 0 radical (unpaired) electrons. The molecule has 0 amide bonds. The fourth-order valence-corrected chi connectivity index (χ4v) is 2.04. The third-order valence-corrected chi connectivity index (χ3v) is 2.85. The third-order valence-electron chi connectivity index (χ3n) is 2.85. The Morgan fingerprint density at radius 2 is 2.50 bits per heavy atom. The first kappa shape index (κ1) is 9.74. The van der Waals surface area contributed by atoms with Crippen molar-refractivity contribution in [3.05, 3.63) is 24.2 Å². The van der Waals surface area contributed by atoms with Gasteiger partial charge in [-0.15, -0.1) is 0 Å². The second-order valence-electron chi connectivity index (χ2n) is 4.15. The molecule has 2 unspecified atom stereocenters. The number of likely N-dealkylation sites (N-methyl/N-ethyl adjacent to an activating group) is 1. The van der Waals surface area contributed by atoms with E-state index in [9.17, 15) is 0 Å². The highest BCUT2D eigenvalue weighted by Gasteiger charge is 2.21. The molecule has 1 aliphatic heterocycles. The first-order valence-corrected chi connectivity index (χ1v) is 5.23. The van der Waals surface area contributed by atoms with E-state index in [1.165, 1.54) is 13.0 Å². The van der Waals surface area contributed by atoms with Crippen molar-refractivity contribution in [2.45, 2.75) is 25.4 Å². The summed E-state index contributed by atoms with van der Waals surface area (Å²) in [5, 5.41) is 3.58. The Morgan fingerprint density at radius 3 is 3.07 bits per heavy atom. The van der Waals surface area contributed by atoms with Crippen LogP contribution in [0.5, 0.6) is 0 Å². The topological polar surface area (TPSA) is 28.4 Å². The van der Waals surface area contributed by atoms with Gasteiger partial charge in [0.25, 0.3) is 0 Å². The molecule has 2 rings (SSSR count). The van der Waals surface area contributed by atoms with Crippen molar-refractivity contribution >= 4 is 0 Å². The van der Waals surface area contributed by atoms with Gasteiger partial charge in [0.15, 0.2) is 0 Å². The van der Waals surface area contributed by atoms with Crippen LogP contribution in [0.15, 0.2) is 22.8 Å². The van der Waals surface area contributed by atoms with Crippen molar-refractivity contribution in [1.82, 2.24) is 10.2 Å². The van der Waals surface area contributed by atoms with Gasteiger partial charge in [-0.05, 0) is 39.1 Å². The summed E-state index contributed by atoms with van der Waals surface area (Å²) in [6.45, 7) is 4.49. The van der Waals surface area contributed by atoms with E-state index in [0.717, 1.165) is 12.3 Å². The fourth-order valence-electron chi connectivity index (χ4n) is 2.04. The Balaban J connectivity index is 1.86. The Kier molecular flexibility index (Phi) is 2.89. The van der Waals surface area contributed by atoms with Crippen LogP contribution in [0.4, 0.5) is 0 Å².